The molecule has 0 aromatic heterocycles. The van der Waals surface area contributed by atoms with Crippen LogP contribution in [0.4, 0.5) is 0 Å². The molecular formula is C15H16O3S. The van der Waals surface area contributed by atoms with Crippen LogP contribution in [0.1, 0.15) is 6.42 Å². The van der Waals surface area contributed by atoms with Gasteiger partial charge in [-0.25, -0.2) is 0 Å². The quantitative estimate of drug-likeness (QED) is 0.872. The molecule has 1 fully saturated rings. The van der Waals surface area contributed by atoms with Crippen LogP contribution in [0, 0.1) is 0 Å². The van der Waals surface area contributed by atoms with Gasteiger partial charge in [0.25, 0.3) is 0 Å². The van der Waals surface area contributed by atoms with E-state index in [0.29, 0.717) is 12.5 Å². The van der Waals surface area contributed by atoms with Crippen LogP contribution in [0.2, 0.25) is 0 Å². The molecule has 0 aliphatic carbocycles. The molecule has 1 unspecified atom stereocenters. The van der Waals surface area contributed by atoms with E-state index in [0.717, 1.165) is 29.6 Å². The maximum Gasteiger partial charge on any atom is 0.147 e. The van der Waals surface area contributed by atoms with Gasteiger partial charge in [0.15, 0.2) is 0 Å². The molecule has 0 radical (unpaired) electrons. The first-order valence-corrected chi connectivity index (χ1v) is 7.36. The van der Waals surface area contributed by atoms with Crippen molar-refractivity contribution in [1.82, 2.24) is 0 Å². The zero-order chi connectivity index (χ0) is 13.1. The molecule has 0 saturated carbocycles. The fourth-order valence-electron chi connectivity index (χ4n) is 2.20. The SMILES string of the molecule is Oc1ccc(SCC2CCOCO2)c2ccccc12. The van der Waals surface area contributed by atoms with Crippen molar-refractivity contribution in [2.75, 3.05) is 19.2 Å². The third-order valence-electron chi connectivity index (χ3n) is 3.26. The second kappa shape index (κ2) is 5.82. The van der Waals surface area contributed by atoms with E-state index in [4.69, 9.17) is 9.47 Å². The van der Waals surface area contributed by atoms with Crippen molar-refractivity contribution in [1.29, 1.82) is 0 Å². The Balaban J connectivity index is 1.79. The fraction of sp³-hybridized carbons (Fsp3) is 0.333. The fourth-order valence-corrected chi connectivity index (χ4v) is 3.32. The highest BCUT2D eigenvalue weighted by Gasteiger charge is 2.15. The predicted molar refractivity (Wildman–Crippen MR) is 76.6 cm³/mol. The summed E-state index contributed by atoms with van der Waals surface area (Å²) in [5.74, 6) is 1.25. The number of phenolic OH excluding ortho intramolecular Hbond substituents is 1. The molecule has 2 aromatic carbocycles. The van der Waals surface area contributed by atoms with Crippen LogP contribution in [-0.4, -0.2) is 30.4 Å². The summed E-state index contributed by atoms with van der Waals surface area (Å²) in [5.41, 5.74) is 0. The van der Waals surface area contributed by atoms with Crippen LogP contribution < -0.4 is 0 Å². The standard InChI is InChI=1S/C15H16O3S/c16-14-5-6-15(13-4-2-1-3-12(13)14)19-9-11-7-8-17-10-18-11/h1-6,11,16H,7-10H2. The van der Waals surface area contributed by atoms with Gasteiger partial charge >= 0.3 is 0 Å². The summed E-state index contributed by atoms with van der Waals surface area (Å²) in [6.45, 7) is 1.18. The average molecular weight is 276 g/mol. The summed E-state index contributed by atoms with van der Waals surface area (Å²) >= 11 is 1.77. The molecule has 19 heavy (non-hydrogen) atoms. The van der Waals surface area contributed by atoms with Gasteiger partial charge in [0.1, 0.15) is 12.5 Å². The van der Waals surface area contributed by atoms with Gasteiger partial charge in [-0.1, -0.05) is 24.3 Å². The summed E-state index contributed by atoms with van der Waals surface area (Å²) in [4.78, 5) is 1.18. The number of aromatic hydroxyl groups is 1. The Morgan fingerprint density at radius 1 is 1.16 bits per heavy atom. The first-order valence-electron chi connectivity index (χ1n) is 6.37. The first-order chi connectivity index (χ1) is 9.34. The monoisotopic (exact) mass is 276 g/mol. The number of hydrogen-bond donors (Lipinski definition) is 1. The van der Waals surface area contributed by atoms with Crippen LogP contribution in [0.3, 0.4) is 0 Å². The van der Waals surface area contributed by atoms with E-state index < -0.39 is 0 Å². The lowest BCUT2D eigenvalue weighted by Crippen LogP contribution is -2.25. The first kappa shape index (κ1) is 12.8. The molecule has 1 atom stereocenters. The molecule has 3 rings (SSSR count). The minimum atomic E-state index is 0.256. The summed E-state index contributed by atoms with van der Waals surface area (Å²) < 4.78 is 10.7. The normalized spacial score (nSPS) is 19.7. The minimum Gasteiger partial charge on any atom is -0.507 e. The molecule has 1 N–H and O–H groups in total. The Morgan fingerprint density at radius 3 is 2.79 bits per heavy atom. The van der Waals surface area contributed by atoms with Crippen LogP contribution >= 0.6 is 11.8 Å². The molecule has 3 nitrogen and oxygen atoms in total. The van der Waals surface area contributed by atoms with Gasteiger partial charge in [0.2, 0.25) is 0 Å². The molecule has 0 spiro atoms. The molecule has 0 amide bonds. The number of rotatable bonds is 3. The molecule has 2 aromatic rings. The second-order valence-corrected chi connectivity index (χ2v) is 5.60. The second-order valence-electron chi connectivity index (χ2n) is 4.54. The van der Waals surface area contributed by atoms with Gasteiger partial charge in [-0.3, -0.25) is 0 Å². The molecule has 1 aliphatic heterocycles. The Morgan fingerprint density at radius 2 is 2.00 bits per heavy atom. The van der Waals surface area contributed by atoms with Crippen LogP contribution in [0.5, 0.6) is 5.75 Å². The van der Waals surface area contributed by atoms with Crippen molar-refractivity contribution >= 4 is 22.5 Å². The zero-order valence-electron chi connectivity index (χ0n) is 10.5. The van der Waals surface area contributed by atoms with Crippen molar-refractivity contribution in [2.24, 2.45) is 0 Å². The Hall–Kier alpha value is -1.23. The number of phenols is 1. The summed E-state index contributed by atoms with van der Waals surface area (Å²) in [7, 11) is 0. The molecule has 1 heterocycles. The lowest BCUT2D eigenvalue weighted by Gasteiger charge is -2.22. The largest absolute Gasteiger partial charge is 0.507 e. The highest BCUT2D eigenvalue weighted by Crippen LogP contribution is 2.34. The molecule has 1 saturated heterocycles. The topological polar surface area (TPSA) is 38.7 Å². The van der Waals surface area contributed by atoms with E-state index in [9.17, 15) is 5.11 Å². The van der Waals surface area contributed by atoms with E-state index in [1.54, 1.807) is 17.8 Å². The van der Waals surface area contributed by atoms with Gasteiger partial charge in [0.05, 0.1) is 12.7 Å². The van der Waals surface area contributed by atoms with Gasteiger partial charge in [-0.05, 0) is 23.9 Å². The molecule has 100 valence electrons. The summed E-state index contributed by atoms with van der Waals surface area (Å²) in [6.07, 6.45) is 1.20. The van der Waals surface area contributed by atoms with Crippen molar-refractivity contribution in [2.45, 2.75) is 17.4 Å². The molecule has 4 heteroatoms. The zero-order valence-corrected chi connectivity index (χ0v) is 11.4. The van der Waals surface area contributed by atoms with Crippen molar-refractivity contribution in [3.63, 3.8) is 0 Å². The summed E-state index contributed by atoms with van der Waals surface area (Å²) in [6, 6.07) is 11.7. The Labute approximate surface area is 116 Å². The maximum absolute atomic E-state index is 9.86. The van der Waals surface area contributed by atoms with Crippen LogP contribution in [-0.2, 0) is 9.47 Å². The van der Waals surface area contributed by atoms with E-state index in [1.165, 1.54) is 4.90 Å². The van der Waals surface area contributed by atoms with E-state index in [2.05, 4.69) is 0 Å². The lowest BCUT2D eigenvalue weighted by molar-refractivity contribution is -0.130. The molecule has 1 aliphatic rings. The van der Waals surface area contributed by atoms with E-state index in [1.807, 2.05) is 30.3 Å². The highest BCUT2D eigenvalue weighted by atomic mass is 32.2. The predicted octanol–water partition coefficient (Wildman–Crippen LogP) is 3.40. The lowest BCUT2D eigenvalue weighted by atomic mass is 10.1. The Bertz CT molecular complexity index is 564. The Kier molecular flexibility index (Phi) is 3.92. The van der Waals surface area contributed by atoms with Crippen molar-refractivity contribution in [3.8, 4) is 5.75 Å². The number of thioether (sulfide) groups is 1. The summed E-state index contributed by atoms with van der Waals surface area (Å²) in [5, 5.41) is 11.9. The smallest absolute Gasteiger partial charge is 0.147 e. The number of fused-ring (bicyclic) bond motifs is 1. The van der Waals surface area contributed by atoms with Gasteiger partial charge < -0.3 is 14.6 Å². The van der Waals surface area contributed by atoms with Crippen molar-refractivity contribution in [3.05, 3.63) is 36.4 Å². The number of benzene rings is 2. The molecule has 0 bridgehead atoms. The minimum absolute atomic E-state index is 0.256. The van der Waals surface area contributed by atoms with Crippen molar-refractivity contribution < 1.29 is 14.6 Å². The van der Waals surface area contributed by atoms with Gasteiger partial charge in [-0.2, -0.15) is 0 Å². The molecular weight excluding hydrogens is 260 g/mol. The third-order valence-corrected chi connectivity index (χ3v) is 4.46. The van der Waals surface area contributed by atoms with E-state index >= 15 is 0 Å². The maximum atomic E-state index is 9.86. The van der Waals surface area contributed by atoms with Gasteiger partial charge in [-0.15, -0.1) is 11.8 Å². The van der Waals surface area contributed by atoms with Gasteiger partial charge in [0, 0.05) is 16.0 Å². The number of ether oxygens (including phenoxy) is 2. The third kappa shape index (κ3) is 2.86. The van der Waals surface area contributed by atoms with Crippen LogP contribution in [0.15, 0.2) is 41.3 Å². The number of hydrogen-bond acceptors (Lipinski definition) is 4. The average Bonchev–Trinajstić information content (AvgIpc) is 2.48. The van der Waals surface area contributed by atoms with Crippen LogP contribution in [0.25, 0.3) is 10.8 Å². The highest BCUT2D eigenvalue weighted by molar-refractivity contribution is 7.99. The van der Waals surface area contributed by atoms with E-state index in [-0.39, 0.29) is 6.10 Å².